The van der Waals surface area contributed by atoms with Crippen LogP contribution in [-0.4, -0.2) is 21.5 Å². The molecule has 2 aromatic rings. The molecule has 0 atom stereocenters. The van der Waals surface area contributed by atoms with Crippen LogP contribution in [0.4, 0.5) is 11.6 Å². The summed E-state index contributed by atoms with van der Waals surface area (Å²) in [7, 11) is 0. The van der Waals surface area contributed by atoms with Gasteiger partial charge in [0, 0.05) is 30.1 Å². The van der Waals surface area contributed by atoms with E-state index in [2.05, 4.69) is 27.2 Å². The lowest BCUT2D eigenvalue weighted by Gasteiger charge is -2.09. The van der Waals surface area contributed by atoms with E-state index in [9.17, 15) is 4.79 Å². The van der Waals surface area contributed by atoms with Gasteiger partial charge in [-0.2, -0.15) is 0 Å². The Balaban J connectivity index is 2.08. The molecule has 2 aromatic heterocycles. The van der Waals surface area contributed by atoms with E-state index < -0.39 is 0 Å². The van der Waals surface area contributed by atoms with E-state index in [-0.39, 0.29) is 11.4 Å². The van der Waals surface area contributed by atoms with Gasteiger partial charge in [-0.15, -0.1) is 0 Å². The Hall–Kier alpha value is -2.02. The molecule has 0 aliphatic heterocycles. The summed E-state index contributed by atoms with van der Waals surface area (Å²) in [4.78, 5) is 22.4. The van der Waals surface area contributed by atoms with Crippen molar-refractivity contribution < 1.29 is 0 Å². The molecule has 0 saturated carbocycles. The number of rotatable bonds is 6. The lowest BCUT2D eigenvalue weighted by Crippen LogP contribution is -2.09. The molecule has 7 heteroatoms. The third-order valence-corrected chi connectivity index (χ3v) is 3.46. The van der Waals surface area contributed by atoms with Crippen LogP contribution in [0.5, 0.6) is 0 Å². The van der Waals surface area contributed by atoms with Gasteiger partial charge in [0.2, 0.25) is 0 Å². The van der Waals surface area contributed by atoms with Gasteiger partial charge in [0.05, 0.1) is 0 Å². The first-order valence-corrected chi connectivity index (χ1v) is 7.35. The highest BCUT2D eigenvalue weighted by Crippen LogP contribution is 2.22. The minimum Gasteiger partial charge on any atom is -0.383 e. The topological polar surface area (TPSA) is 96.7 Å². The van der Waals surface area contributed by atoms with Crippen LogP contribution < -0.4 is 16.6 Å². The Bertz CT molecular complexity index is 628. The third-order valence-electron chi connectivity index (χ3n) is 2.54. The summed E-state index contributed by atoms with van der Waals surface area (Å²) in [5, 5.41) is 3.79. The Kier molecular flexibility index (Phi) is 5.00. The van der Waals surface area contributed by atoms with Crippen molar-refractivity contribution in [1.82, 2.24) is 15.0 Å². The van der Waals surface area contributed by atoms with E-state index in [0.717, 1.165) is 24.3 Å². The monoisotopic (exact) mass is 291 g/mol. The maximum absolute atomic E-state index is 11.3. The van der Waals surface area contributed by atoms with Crippen LogP contribution in [0, 0.1) is 0 Å². The first-order valence-electron chi connectivity index (χ1n) is 6.36. The molecular weight excluding hydrogens is 274 g/mol. The Labute approximate surface area is 121 Å². The highest BCUT2D eigenvalue weighted by atomic mass is 32.2. The van der Waals surface area contributed by atoms with Gasteiger partial charge in [0.1, 0.15) is 11.6 Å². The van der Waals surface area contributed by atoms with Gasteiger partial charge in [-0.25, -0.2) is 9.97 Å². The maximum Gasteiger partial charge on any atom is 0.253 e. The van der Waals surface area contributed by atoms with Crippen molar-refractivity contribution in [3.63, 3.8) is 0 Å². The number of anilines is 2. The van der Waals surface area contributed by atoms with Gasteiger partial charge in [0.25, 0.3) is 5.56 Å². The van der Waals surface area contributed by atoms with Crippen LogP contribution in [-0.2, 0) is 5.75 Å². The minimum absolute atomic E-state index is 0.228. The summed E-state index contributed by atoms with van der Waals surface area (Å²) in [6, 6.07) is 5.16. The van der Waals surface area contributed by atoms with Crippen molar-refractivity contribution in [3.8, 4) is 0 Å². The van der Waals surface area contributed by atoms with Crippen molar-refractivity contribution in [1.29, 1.82) is 0 Å². The zero-order chi connectivity index (χ0) is 14.4. The fourth-order valence-electron chi connectivity index (χ4n) is 1.63. The fraction of sp³-hybridized carbons (Fsp3) is 0.308. The smallest absolute Gasteiger partial charge is 0.253 e. The predicted molar refractivity (Wildman–Crippen MR) is 81.8 cm³/mol. The van der Waals surface area contributed by atoms with Gasteiger partial charge >= 0.3 is 0 Å². The Morgan fingerprint density at radius 3 is 3.10 bits per heavy atom. The van der Waals surface area contributed by atoms with Crippen molar-refractivity contribution in [2.24, 2.45) is 0 Å². The van der Waals surface area contributed by atoms with Crippen LogP contribution in [0.25, 0.3) is 0 Å². The molecular formula is C13H17N5OS. The second-order valence-corrected chi connectivity index (χ2v) is 5.17. The number of H-pyrrole nitrogens is 1. The first kappa shape index (κ1) is 14.4. The molecule has 0 bridgehead atoms. The quantitative estimate of drug-likeness (QED) is 0.555. The Morgan fingerprint density at radius 2 is 2.35 bits per heavy atom. The number of nitrogens with zero attached hydrogens (tertiary/aromatic N) is 2. The summed E-state index contributed by atoms with van der Waals surface area (Å²) in [6.07, 6.45) is 2.79. The van der Waals surface area contributed by atoms with Crippen molar-refractivity contribution >= 4 is 23.4 Å². The average Bonchev–Trinajstić information content (AvgIpc) is 2.43. The van der Waals surface area contributed by atoms with E-state index in [1.54, 1.807) is 6.20 Å². The number of aromatic nitrogens is 3. The lowest BCUT2D eigenvalue weighted by atomic mass is 10.3. The average molecular weight is 291 g/mol. The van der Waals surface area contributed by atoms with Crippen LogP contribution in [0.15, 0.2) is 34.3 Å². The number of thioether (sulfide) groups is 1. The summed E-state index contributed by atoms with van der Waals surface area (Å²) in [5.74, 6) is 1.76. The van der Waals surface area contributed by atoms with E-state index in [1.165, 1.54) is 17.8 Å². The van der Waals surface area contributed by atoms with Crippen molar-refractivity contribution in [2.45, 2.75) is 24.3 Å². The molecule has 0 aliphatic rings. The van der Waals surface area contributed by atoms with E-state index in [0.29, 0.717) is 10.9 Å². The van der Waals surface area contributed by atoms with Gasteiger partial charge in [-0.3, -0.25) is 4.79 Å². The van der Waals surface area contributed by atoms with Crippen molar-refractivity contribution in [2.75, 3.05) is 17.6 Å². The van der Waals surface area contributed by atoms with E-state index in [1.807, 2.05) is 12.1 Å². The number of hydrogen-bond donors (Lipinski definition) is 3. The number of nitrogens with two attached hydrogens (primary N) is 1. The number of hydrogen-bond acceptors (Lipinski definition) is 6. The van der Waals surface area contributed by atoms with Gasteiger partial charge in [0.15, 0.2) is 5.16 Å². The number of pyridine rings is 1. The predicted octanol–water partition coefficient (Wildman–Crippen LogP) is 1.86. The summed E-state index contributed by atoms with van der Waals surface area (Å²) in [6.45, 7) is 2.98. The van der Waals surface area contributed by atoms with E-state index in [4.69, 9.17) is 5.73 Å². The zero-order valence-electron chi connectivity index (χ0n) is 11.2. The molecule has 6 nitrogen and oxygen atoms in total. The molecule has 0 saturated heterocycles. The summed E-state index contributed by atoms with van der Waals surface area (Å²) >= 11 is 1.42. The molecule has 0 unspecified atom stereocenters. The summed E-state index contributed by atoms with van der Waals surface area (Å²) < 4.78 is 0. The van der Waals surface area contributed by atoms with Crippen molar-refractivity contribution in [3.05, 3.63) is 40.3 Å². The third kappa shape index (κ3) is 3.99. The molecule has 0 radical (unpaired) electrons. The Morgan fingerprint density at radius 1 is 1.50 bits per heavy atom. The largest absolute Gasteiger partial charge is 0.383 e. The number of nitrogen functional groups attached to an aromatic ring is 1. The number of aromatic amines is 1. The molecule has 2 heterocycles. The van der Waals surface area contributed by atoms with Gasteiger partial charge in [-0.1, -0.05) is 24.8 Å². The van der Waals surface area contributed by atoms with Crippen LogP contribution in [0.2, 0.25) is 0 Å². The normalized spacial score (nSPS) is 10.4. The molecule has 20 heavy (non-hydrogen) atoms. The van der Waals surface area contributed by atoms with E-state index >= 15 is 0 Å². The lowest BCUT2D eigenvalue weighted by molar-refractivity contribution is 0.943. The van der Waals surface area contributed by atoms with Crippen LogP contribution in [0.3, 0.4) is 0 Å². The molecule has 0 amide bonds. The van der Waals surface area contributed by atoms with Crippen LogP contribution >= 0.6 is 11.8 Å². The second-order valence-electron chi connectivity index (χ2n) is 4.20. The standard InChI is InChI=1S/C13H17N5OS/c1-2-5-15-12-9(4-3-6-16-12)8-20-13-17-10(14)7-11(19)18-13/h3-4,6-7H,2,5,8H2,1H3,(H,15,16)(H3,14,17,18,19). The molecule has 0 fully saturated rings. The SMILES string of the molecule is CCCNc1ncccc1CSc1nc(N)cc(=O)[nH]1. The minimum atomic E-state index is -0.240. The molecule has 106 valence electrons. The maximum atomic E-state index is 11.3. The zero-order valence-corrected chi connectivity index (χ0v) is 12.0. The highest BCUT2D eigenvalue weighted by Gasteiger charge is 2.05. The second kappa shape index (κ2) is 6.95. The number of nitrogens with one attached hydrogen (secondary N) is 2. The van der Waals surface area contributed by atoms with Gasteiger partial charge < -0.3 is 16.0 Å². The summed E-state index contributed by atoms with van der Waals surface area (Å²) in [5.41, 5.74) is 6.38. The molecule has 0 aliphatic carbocycles. The first-order chi connectivity index (χ1) is 9.69. The highest BCUT2D eigenvalue weighted by molar-refractivity contribution is 7.98. The molecule has 4 N–H and O–H groups in total. The van der Waals surface area contributed by atoms with Crippen LogP contribution in [0.1, 0.15) is 18.9 Å². The molecule has 0 spiro atoms. The fourth-order valence-corrected chi connectivity index (χ4v) is 2.49. The van der Waals surface area contributed by atoms with Gasteiger partial charge in [-0.05, 0) is 12.5 Å². The molecule has 0 aromatic carbocycles. The molecule has 2 rings (SSSR count).